The summed E-state index contributed by atoms with van der Waals surface area (Å²) in [4.78, 5) is 9.66. The molecule has 0 spiro atoms. The minimum Gasteiger partial charge on any atom is -0.381 e. The summed E-state index contributed by atoms with van der Waals surface area (Å²) in [5, 5.41) is 7.30. The molecule has 156 valence electrons. The largest absolute Gasteiger partial charge is 0.381 e. The summed E-state index contributed by atoms with van der Waals surface area (Å²) in [5.41, 5.74) is 0.236. The Bertz CT molecular complexity index is 467. The lowest BCUT2D eigenvalue weighted by atomic mass is 9.88. The van der Waals surface area contributed by atoms with Crippen molar-refractivity contribution in [2.45, 2.75) is 50.1 Å². The first-order valence-electron chi connectivity index (χ1n) is 10.4. The molecule has 2 N–H and O–H groups in total. The number of aliphatic imine (C=N–C) groups is 1. The van der Waals surface area contributed by atoms with Crippen molar-refractivity contribution in [3.63, 3.8) is 0 Å². The molecule has 0 atom stereocenters. The molecule has 3 heterocycles. The molecule has 3 fully saturated rings. The number of likely N-dealkylation sites (tertiary alicyclic amines) is 2. The molecule has 0 aliphatic carbocycles. The van der Waals surface area contributed by atoms with Crippen molar-refractivity contribution in [3.05, 3.63) is 12.7 Å². The molecule has 0 unspecified atom stereocenters. The van der Waals surface area contributed by atoms with Gasteiger partial charge < -0.3 is 15.4 Å². The third-order valence-electron chi connectivity index (χ3n) is 6.32. The Morgan fingerprint density at radius 2 is 1.85 bits per heavy atom. The Kier molecular flexibility index (Phi) is 9.82. The van der Waals surface area contributed by atoms with Gasteiger partial charge in [0.25, 0.3) is 0 Å². The average molecular weight is 491 g/mol. The zero-order valence-electron chi connectivity index (χ0n) is 16.9. The molecule has 0 saturated carbocycles. The fourth-order valence-electron chi connectivity index (χ4n) is 4.63. The van der Waals surface area contributed by atoms with Crippen molar-refractivity contribution in [1.29, 1.82) is 0 Å². The Labute approximate surface area is 182 Å². The van der Waals surface area contributed by atoms with Crippen LogP contribution in [0.5, 0.6) is 0 Å². The first-order chi connectivity index (χ1) is 12.8. The Hall–Kier alpha value is -0.380. The van der Waals surface area contributed by atoms with Crippen LogP contribution in [0.25, 0.3) is 0 Å². The summed E-state index contributed by atoms with van der Waals surface area (Å²) < 4.78 is 5.66. The van der Waals surface area contributed by atoms with Gasteiger partial charge in [0, 0.05) is 58.0 Å². The fraction of sp³-hybridized carbons (Fsp3) is 0.850. The zero-order valence-corrected chi connectivity index (χ0v) is 19.2. The molecule has 27 heavy (non-hydrogen) atoms. The van der Waals surface area contributed by atoms with Crippen LogP contribution in [0.2, 0.25) is 0 Å². The van der Waals surface area contributed by atoms with Gasteiger partial charge in [-0.3, -0.25) is 14.8 Å². The lowest BCUT2D eigenvalue weighted by Crippen LogP contribution is -2.59. The van der Waals surface area contributed by atoms with Crippen molar-refractivity contribution < 1.29 is 4.74 Å². The highest BCUT2D eigenvalue weighted by atomic mass is 127. The van der Waals surface area contributed by atoms with Crippen LogP contribution < -0.4 is 10.6 Å². The smallest absolute Gasteiger partial charge is 0.191 e. The van der Waals surface area contributed by atoms with E-state index in [-0.39, 0.29) is 29.5 Å². The summed E-state index contributed by atoms with van der Waals surface area (Å²) >= 11 is 0. The van der Waals surface area contributed by atoms with Gasteiger partial charge in [-0.1, -0.05) is 6.08 Å². The van der Waals surface area contributed by atoms with E-state index in [4.69, 9.17) is 4.74 Å². The van der Waals surface area contributed by atoms with E-state index < -0.39 is 0 Å². The number of hydrogen-bond acceptors (Lipinski definition) is 4. The molecular weight excluding hydrogens is 453 g/mol. The topological polar surface area (TPSA) is 52.1 Å². The molecule has 6 nitrogen and oxygen atoms in total. The predicted octanol–water partition coefficient (Wildman–Crippen LogP) is 2.06. The van der Waals surface area contributed by atoms with E-state index >= 15 is 0 Å². The molecule has 3 aliphatic heterocycles. The number of ether oxygens (including phenoxy) is 1. The quantitative estimate of drug-likeness (QED) is 0.258. The number of halogens is 1. The highest BCUT2D eigenvalue weighted by Crippen LogP contribution is 2.30. The second kappa shape index (κ2) is 11.6. The molecule has 3 rings (SSSR count). The summed E-state index contributed by atoms with van der Waals surface area (Å²) in [5.74, 6) is 0.956. The van der Waals surface area contributed by atoms with Crippen molar-refractivity contribution >= 4 is 29.9 Å². The maximum absolute atomic E-state index is 5.66. The summed E-state index contributed by atoms with van der Waals surface area (Å²) in [6.07, 6.45) is 9.24. The van der Waals surface area contributed by atoms with Crippen molar-refractivity contribution in [3.8, 4) is 0 Å². The summed E-state index contributed by atoms with van der Waals surface area (Å²) in [7, 11) is 1.88. The normalized spacial score (nSPS) is 25.0. The number of piperidine rings is 1. The van der Waals surface area contributed by atoms with Crippen LogP contribution in [0, 0.1) is 0 Å². The van der Waals surface area contributed by atoms with Crippen LogP contribution in [0.4, 0.5) is 0 Å². The van der Waals surface area contributed by atoms with Crippen LogP contribution in [0.15, 0.2) is 17.6 Å². The molecule has 0 bridgehead atoms. The minimum atomic E-state index is 0. The van der Waals surface area contributed by atoms with E-state index in [1.807, 2.05) is 13.1 Å². The van der Waals surface area contributed by atoms with Crippen LogP contribution >= 0.6 is 24.0 Å². The van der Waals surface area contributed by atoms with E-state index in [9.17, 15) is 0 Å². The Morgan fingerprint density at radius 1 is 1.19 bits per heavy atom. The molecular formula is C20H38IN5O. The van der Waals surface area contributed by atoms with Gasteiger partial charge in [-0.25, -0.2) is 0 Å². The molecule has 7 heteroatoms. The zero-order chi connectivity index (χ0) is 18.2. The fourth-order valence-corrected chi connectivity index (χ4v) is 4.63. The molecule has 0 aromatic heterocycles. The maximum Gasteiger partial charge on any atom is 0.191 e. The average Bonchev–Trinajstić information content (AvgIpc) is 3.23. The van der Waals surface area contributed by atoms with E-state index in [0.29, 0.717) is 6.04 Å². The Balaban J connectivity index is 0.00000261. The van der Waals surface area contributed by atoms with Crippen molar-refractivity contribution in [1.82, 2.24) is 20.4 Å². The van der Waals surface area contributed by atoms with E-state index in [2.05, 4.69) is 32.0 Å². The van der Waals surface area contributed by atoms with Crippen LogP contribution in [0.3, 0.4) is 0 Å². The van der Waals surface area contributed by atoms with Gasteiger partial charge in [0.05, 0.1) is 0 Å². The molecule has 0 aromatic rings. The second-order valence-electron chi connectivity index (χ2n) is 7.96. The van der Waals surface area contributed by atoms with Crippen LogP contribution in [0.1, 0.15) is 38.5 Å². The third kappa shape index (κ3) is 6.30. The van der Waals surface area contributed by atoms with Gasteiger partial charge in [0.2, 0.25) is 0 Å². The SMILES string of the molecule is C=CCN1CCC(NC(=NC)NCC2(N3CCCC3)CCOCC2)CC1.I. The Morgan fingerprint density at radius 3 is 2.44 bits per heavy atom. The monoisotopic (exact) mass is 491 g/mol. The first kappa shape index (κ1) is 22.9. The lowest BCUT2D eigenvalue weighted by Gasteiger charge is -2.45. The van der Waals surface area contributed by atoms with Gasteiger partial charge in [0.1, 0.15) is 0 Å². The van der Waals surface area contributed by atoms with Gasteiger partial charge >= 0.3 is 0 Å². The molecule has 0 amide bonds. The number of rotatable bonds is 6. The lowest BCUT2D eigenvalue weighted by molar-refractivity contribution is -0.0164. The standard InChI is InChI=1S/C20H37N5O.HI/c1-3-10-24-13-6-18(7-14-24)23-19(21-2)22-17-20(8-15-26-16-9-20)25-11-4-5-12-25;/h3,18H,1,4-17H2,2H3,(H2,21,22,23);1H. The molecule has 0 aromatic carbocycles. The highest BCUT2D eigenvalue weighted by Gasteiger charge is 2.39. The van der Waals surface area contributed by atoms with E-state index in [1.165, 1.54) is 38.8 Å². The minimum absolute atomic E-state index is 0. The number of hydrogen-bond donors (Lipinski definition) is 2. The first-order valence-corrected chi connectivity index (χ1v) is 10.4. The third-order valence-corrected chi connectivity index (χ3v) is 6.32. The molecule has 3 aliphatic rings. The van der Waals surface area contributed by atoms with Crippen LogP contribution in [-0.4, -0.2) is 86.9 Å². The summed E-state index contributed by atoms with van der Waals surface area (Å²) in [6.45, 7) is 12.3. The second-order valence-corrected chi connectivity index (χ2v) is 7.96. The van der Waals surface area contributed by atoms with Crippen molar-refractivity contribution in [2.24, 2.45) is 4.99 Å². The van der Waals surface area contributed by atoms with Crippen LogP contribution in [-0.2, 0) is 4.74 Å². The van der Waals surface area contributed by atoms with E-state index in [1.54, 1.807) is 0 Å². The predicted molar refractivity (Wildman–Crippen MR) is 123 cm³/mol. The maximum atomic E-state index is 5.66. The van der Waals surface area contributed by atoms with E-state index in [0.717, 1.165) is 58.2 Å². The molecule has 3 saturated heterocycles. The number of guanidine groups is 1. The van der Waals surface area contributed by atoms with Gasteiger partial charge in [-0.2, -0.15) is 0 Å². The molecule has 0 radical (unpaired) electrons. The van der Waals surface area contributed by atoms with Gasteiger partial charge in [-0.15, -0.1) is 30.6 Å². The number of nitrogens with one attached hydrogen (secondary N) is 2. The van der Waals surface area contributed by atoms with Crippen molar-refractivity contribution in [2.75, 3.05) is 59.5 Å². The highest BCUT2D eigenvalue weighted by molar-refractivity contribution is 14.0. The van der Waals surface area contributed by atoms with Gasteiger partial charge in [-0.05, 0) is 51.6 Å². The summed E-state index contributed by atoms with van der Waals surface area (Å²) in [6, 6.07) is 0.514. The number of nitrogens with zero attached hydrogens (tertiary/aromatic N) is 3. The van der Waals surface area contributed by atoms with Gasteiger partial charge in [0.15, 0.2) is 5.96 Å².